The van der Waals surface area contributed by atoms with E-state index in [0.717, 1.165) is 11.6 Å². The van der Waals surface area contributed by atoms with Crippen LogP contribution in [0.5, 0.6) is 0 Å². The number of H-pyrrole nitrogens is 1. The van der Waals surface area contributed by atoms with E-state index < -0.39 is 35.4 Å². The number of rotatable bonds is 5. The molecule has 2 aliphatic rings. The van der Waals surface area contributed by atoms with Crippen molar-refractivity contribution in [3.05, 3.63) is 67.8 Å². The van der Waals surface area contributed by atoms with Crippen LogP contribution in [0, 0.1) is 0 Å². The molecule has 2 aliphatic carbocycles. The Balaban J connectivity index is 1.78. The van der Waals surface area contributed by atoms with Crippen LogP contribution in [0.1, 0.15) is 36.2 Å². The van der Waals surface area contributed by atoms with Crippen LogP contribution in [0.2, 0.25) is 0 Å². The van der Waals surface area contributed by atoms with Gasteiger partial charge in [0, 0.05) is 29.2 Å². The summed E-state index contributed by atoms with van der Waals surface area (Å²) in [5.74, 6) is -2.77. The highest BCUT2D eigenvalue weighted by Gasteiger charge is 2.39. The Bertz CT molecular complexity index is 1390. The highest BCUT2D eigenvalue weighted by molar-refractivity contribution is 5.84. The molecule has 0 fully saturated rings. The van der Waals surface area contributed by atoms with Crippen LogP contribution in [-0.4, -0.2) is 38.0 Å². The summed E-state index contributed by atoms with van der Waals surface area (Å²) in [7, 11) is 0. The number of carbonyl (C=O) groups is 3. The van der Waals surface area contributed by atoms with Crippen molar-refractivity contribution in [1.82, 2.24) is 30.2 Å². The Morgan fingerprint density at radius 2 is 1.57 bits per heavy atom. The highest BCUT2D eigenvalue weighted by Crippen LogP contribution is 2.38. The standard InChI is InChI=1S/C20H17F3N6O6/c21-17(32)25-20(26-18(22)33,27-19(23)34)10-5-6-28(8-10)11-3-1-9-2-4-13-14(12(9)7-11)24-15(30)16(31)29(13)35/h5-8,35H,1-4H2,(H,24,30)(H,25,32)(H,26,33)(H,27,34). The van der Waals surface area contributed by atoms with E-state index in [1.54, 1.807) is 6.08 Å². The van der Waals surface area contributed by atoms with Crippen LogP contribution in [0.25, 0.3) is 11.3 Å². The minimum Gasteiger partial charge on any atom is -0.425 e. The summed E-state index contributed by atoms with van der Waals surface area (Å²) in [6, 6.07) is 1.16. The molecular formula is C20H17F3N6O6. The van der Waals surface area contributed by atoms with Crippen LogP contribution < -0.4 is 27.1 Å². The third-order valence-electron chi connectivity index (χ3n) is 5.79. The SMILES string of the molecule is O=C(F)NC(NC(=O)F)(NC(=O)F)c1ccn(C2=CC3=C(CC2)CCc2c3[nH]c(=O)c(=O)n2O)c1. The van der Waals surface area contributed by atoms with Crippen LogP contribution in [0.4, 0.5) is 27.6 Å². The topological polar surface area (TPSA) is 167 Å². The van der Waals surface area contributed by atoms with Gasteiger partial charge in [0.25, 0.3) is 0 Å². The summed E-state index contributed by atoms with van der Waals surface area (Å²) in [6.07, 6.45) is -0.902. The number of amides is 3. The number of fused-ring (bicyclic) bond motifs is 2. The first-order valence-corrected chi connectivity index (χ1v) is 10.1. The Labute approximate surface area is 192 Å². The highest BCUT2D eigenvalue weighted by atomic mass is 19.1. The number of hydrogen-bond donors (Lipinski definition) is 5. The van der Waals surface area contributed by atoms with Gasteiger partial charge in [0.05, 0.1) is 11.4 Å². The number of carbonyl (C=O) groups excluding carboxylic acids is 3. The Hall–Kier alpha value is -4.56. The molecule has 5 N–H and O–H groups in total. The monoisotopic (exact) mass is 494 g/mol. The molecule has 2 aromatic heterocycles. The fourth-order valence-electron chi connectivity index (χ4n) is 4.30. The second kappa shape index (κ2) is 8.66. The molecule has 0 saturated heterocycles. The first kappa shape index (κ1) is 23.6. The Kier molecular flexibility index (Phi) is 5.84. The van der Waals surface area contributed by atoms with E-state index in [1.165, 1.54) is 32.9 Å². The third kappa shape index (κ3) is 4.34. The third-order valence-corrected chi connectivity index (χ3v) is 5.79. The predicted octanol–water partition coefficient (Wildman–Crippen LogP) is 1.76. The molecular weight excluding hydrogens is 477 g/mol. The normalized spacial score (nSPS) is 15.0. The number of hydrogen-bond acceptors (Lipinski definition) is 6. The second-order valence-electron chi connectivity index (χ2n) is 7.80. The van der Waals surface area contributed by atoms with Crippen LogP contribution in [-0.2, 0) is 12.2 Å². The van der Waals surface area contributed by atoms with E-state index in [-0.39, 0.29) is 17.0 Å². The van der Waals surface area contributed by atoms with Gasteiger partial charge in [-0.15, -0.1) is 17.9 Å². The average Bonchev–Trinajstić information content (AvgIpc) is 3.27. The van der Waals surface area contributed by atoms with E-state index in [9.17, 15) is 42.4 Å². The molecule has 2 heterocycles. The molecule has 0 spiro atoms. The van der Waals surface area contributed by atoms with Gasteiger partial charge in [-0.05, 0) is 37.8 Å². The van der Waals surface area contributed by atoms with Gasteiger partial charge in [-0.3, -0.25) is 25.5 Å². The number of nitrogens with one attached hydrogen (secondary N) is 4. The van der Waals surface area contributed by atoms with Gasteiger partial charge in [0.15, 0.2) is 0 Å². The molecule has 15 heteroatoms. The number of halogens is 3. The lowest BCUT2D eigenvalue weighted by Crippen LogP contribution is -2.65. The lowest BCUT2D eigenvalue weighted by molar-refractivity contribution is 0.154. The largest absolute Gasteiger partial charge is 0.425 e. The smallest absolute Gasteiger partial charge is 0.400 e. The van der Waals surface area contributed by atoms with Crippen molar-refractivity contribution in [2.24, 2.45) is 0 Å². The fraction of sp³-hybridized carbons (Fsp3) is 0.250. The maximum Gasteiger partial charge on any atom is 0.400 e. The van der Waals surface area contributed by atoms with Crippen molar-refractivity contribution in [3.8, 4) is 0 Å². The molecule has 0 radical (unpaired) electrons. The lowest BCUT2D eigenvalue weighted by Gasteiger charge is -2.32. The quantitative estimate of drug-likeness (QED) is 0.140. The van der Waals surface area contributed by atoms with E-state index in [4.69, 9.17) is 0 Å². The predicted molar refractivity (Wildman–Crippen MR) is 112 cm³/mol. The Morgan fingerprint density at radius 3 is 2.17 bits per heavy atom. The van der Waals surface area contributed by atoms with Crippen molar-refractivity contribution in [2.75, 3.05) is 0 Å². The van der Waals surface area contributed by atoms with Gasteiger partial charge in [-0.25, -0.2) is 14.4 Å². The first-order valence-electron chi connectivity index (χ1n) is 10.1. The number of aromatic amines is 1. The van der Waals surface area contributed by atoms with Crippen LogP contribution >= 0.6 is 0 Å². The summed E-state index contributed by atoms with van der Waals surface area (Å²) < 4.78 is 41.2. The average molecular weight is 494 g/mol. The zero-order valence-electron chi connectivity index (χ0n) is 17.7. The molecule has 0 bridgehead atoms. The van der Waals surface area contributed by atoms with Gasteiger partial charge < -0.3 is 14.8 Å². The van der Waals surface area contributed by atoms with E-state index >= 15 is 0 Å². The molecule has 0 aliphatic heterocycles. The van der Waals surface area contributed by atoms with E-state index in [0.29, 0.717) is 41.7 Å². The van der Waals surface area contributed by atoms with Gasteiger partial charge in [-0.1, -0.05) is 5.57 Å². The zero-order valence-corrected chi connectivity index (χ0v) is 17.7. The molecule has 3 amide bonds. The number of allylic oxidation sites excluding steroid dienone is 4. The van der Waals surface area contributed by atoms with Crippen molar-refractivity contribution in [2.45, 2.75) is 31.5 Å². The molecule has 4 rings (SSSR count). The summed E-state index contributed by atoms with van der Waals surface area (Å²) >= 11 is 0. The summed E-state index contributed by atoms with van der Waals surface area (Å²) in [5.41, 5.74) is 0.118. The van der Waals surface area contributed by atoms with Gasteiger partial charge in [0.2, 0.25) is 5.79 Å². The molecule has 0 saturated carbocycles. The minimum absolute atomic E-state index is 0.222. The van der Waals surface area contributed by atoms with E-state index in [1.807, 2.05) is 0 Å². The minimum atomic E-state index is -2.77. The van der Waals surface area contributed by atoms with Crippen LogP contribution in [0.15, 0.2) is 39.7 Å². The summed E-state index contributed by atoms with van der Waals surface area (Å²) in [4.78, 5) is 59.3. The fourth-order valence-corrected chi connectivity index (χ4v) is 4.30. The molecule has 0 atom stereocenters. The maximum atomic E-state index is 13.2. The number of aromatic nitrogens is 3. The van der Waals surface area contributed by atoms with Gasteiger partial charge >= 0.3 is 29.6 Å². The first-order chi connectivity index (χ1) is 16.5. The lowest BCUT2D eigenvalue weighted by atomic mass is 9.85. The van der Waals surface area contributed by atoms with Crippen molar-refractivity contribution < 1.29 is 32.8 Å². The van der Waals surface area contributed by atoms with Crippen molar-refractivity contribution in [3.63, 3.8) is 0 Å². The second-order valence-corrected chi connectivity index (χ2v) is 7.80. The number of nitrogens with zero attached hydrogens (tertiary/aromatic N) is 2. The van der Waals surface area contributed by atoms with Crippen molar-refractivity contribution >= 4 is 29.8 Å². The van der Waals surface area contributed by atoms with Gasteiger partial charge in [0.1, 0.15) is 0 Å². The molecule has 184 valence electrons. The van der Waals surface area contributed by atoms with Gasteiger partial charge in [-0.2, -0.15) is 0 Å². The maximum absolute atomic E-state index is 13.2. The zero-order chi connectivity index (χ0) is 25.5. The summed E-state index contributed by atoms with van der Waals surface area (Å²) in [6.45, 7) is 0. The molecule has 0 unspecified atom stereocenters. The molecule has 35 heavy (non-hydrogen) atoms. The molecule has 12 nitrogen and oxygen atoms in total. The van der Waals surface area contributed by atoms with Crippen molar-refractivity contribution in [1.29, 1.82) is 0 Å². The van der Waals surface area contributed by atoms with Crippen LogP contribution in [0.3, 0.4) is 0 Å². The Morgan fingerprint density at radius 1 is 0.971 bits per heavy atom. The summed E-state index contributed by atoms with van der Waals surface area (Å²) in [5, 5.41) is 14.5. The molecule has 0 aromatic carbocycles. The molecule has 2 aromatic rings. The van der Waals surface area contributed by atoms with E-state index in [2.05, 4.69) is 4.98 Å².